The van der Waals surface area contributed by atoms with Gasteiger partial charge in [-0.1, -0.05) is 24.3 Å². The molecule has 0 saturated heterocycles. The average Bonchev–Trinajstić information content (AvgIpc) is 3.32. The smallest absolute Gasteiger partial charge is 0.416 e. The zero-order valence-electron chi connectivity index (χ0n) is 18.5. The molecule has 0 unspecified atom stereocenters. The van der Waals surface area contributed by atoms with Crippen molar-refractivity contribution in [3.63, 3.8) is 0 Å². The number of rotatable bonds is 5. The second-order valence-corrected chi connectivity index (χ2v) is 9.37. The van der Waals surface area contributed by atoms with Crippen LogP contribution in [0, 0.1) is 0 Å². The van der Waals surface area contributed by atoms with Crippen LogP contribution in [0.15, 0.2) is 66.9 Å². The van der Waals surface area contributed by atoms with Gasteiger partial charge in [0.05, 0.1) is 18.4 Å². The fourth-order valence-corrected chi connectivity index (χ4v) is 5.12. The summed E-state index contributed by atoms with van der Waals surface area (Å²) in [4.78, 5) is 13.9. The third-order valence-corrected chi connectivity index (χ3v) is 7.00. The highest BCUT2D eigenvalue weighted by Crippen LogP contribution is 2.33. The van der Waals surface area contributed by atoms with Crippen LogP contribution in [0.5, 0.6) is 5.75 Å². The van der Waals surface area contributed by atoms with Gasteiger partial charge in [-0.05, 0) is 42.0 Å². The molecule has 0 aliphatic carbocycles. The maximum atomic E-state index is 12.8. The standard InChI is InChI=1S/C26H22F3N3OS/c1-33-21-4-2-3-18(13-21)24-10-9-22(34-24)16-32-12-11-23-19(15-32)14-30-25(31-23)17-5-7-20(8-6-17)26(27,28)29/h2-10,13-14H,11-12,15-16H2,1H3. The first-order valence-corrected chi connectivity index (χ1v) is 11.7. The molecule has 34 heavy (non-hydrogen) atoms. The highest BCUT2D eigenvalue weighted by Gasteiger charge is 2.30. The molecule has 1 aliphatic rings. The largest absolute Gasteiger partial charge is 0.497 e. The molecule has 0 fully saturated rings. The number of hydrogen-bond donors (Lipinski definition) is 0. The monoisotopic (exact) mass is 481 g/mol. The first-order chi connectivity index (χ1) is 16.4. The van der Waals surface area contributed by atoms with Gasteiger partial charge in [0.15, 0.2) is 5.82 Å². The third kappa shape index (κ3) is 4.83. The molecular formula is C26H22F3N3OS. The Hall–Kier alpha value is -3.23. The van der Waals surface area contributed by atoms with Gasteiger partial charge in [0.25, 0.3) is 0 Å². The predicted molar refractivity (Wildman–Crippen MR) is 127 cm³/mol. The van der Waals surface area contributed by atoms with Crippen molar-refractivity contribution in [3.05, 3.63) is 88.6 Å². The maximum absolute atomic E-state index is 12.8. The minimum atomic E-state index is -4.35. The van der Waals surface area contributed by atoms with Gasteiger partial charge in [-0.15, -0.1) is 11.3 Å². The van der Waals surface area contributed by atoms with E-state index in [-0.39, 0.29) is 0 Å². The van der Waals surface area contributed by atoms with Crippen molar-refractivity contribution < 1.29 is 17.9 Å². The quantitative estimate of drug-likeness (QED) is 0.328. The van der Waals surface area contributed by atoms with Crippen LogP contribution in [0.25, 0.3) is 21.8 Å². The van der Waals surface area contributed by atoms with Crippen LogP contribution in [0.3, 0.4) is 0 Å². The molecule has 0 spiro atoms. The van der Waals surface area contributed by atoms with Gasteiger partial charge in [-0.3, -0.25) is 4.90 Å². The normalized spacial score (nSPS) is 14.1. The molecule has 0 N–H and O–H groups in total. The molecule has 3 heterocycles. The molecule has 0 atom stereocenters. The van der Waals surface area contributed by atoms with Crippen LogP contribution in [0.2, 0.25) is 0 Å². The Morgan fingerprint density at radius 2 is 1.85 bits per heavy atom. The number of ether oxygens (including phenoxy) is 1. The first kappa shape index (κ1) is 22.6. The summed E-state index contributed by atoms with van der Waals surface area (Å²) in [5, 5.41) is 0. The topological polar surface area (TPSA) is 38.2 Å². The molecule has 0 bridgehead atoms. The molecular weight excluding hydrogens is 459 g/mol. The Labute approximate surface area is 199 Å². The van der Waals surface area contributed by atoms with Gasteiger partial charge in [0, 0.05) is 53.1 Å². The van der Waals surface area contributed by atoms with Gasteiger partial charge in [-0.25, -0.2) is 9.97 Å². The summed E-state index contributed by atoms with van der Waals surface area (Å²) in [6.07, 6.45) is -1.77. The molecule has 2 aromatic carbocycles. The van der Waals surface area contributed by atoms with Crippen LogP contribution in [0.4, 0.5) is 13.2 Å². The van der Waals surface area contributed by atoms with Crippen LogP contribution < -0.4 is 4.74 Å². The lowest BCUT2D eigenvalue weighted by Crippen LogP contribution is -2.30. The van der Waals surface area contributed by atoms with E-state index in [2.05, 4.69) is 33.1 Å². The summed E-state index contributed by atoms with van der Waals surface area (Å²) in [5.41, 5.74) is 3.08. The maximum Gasteiger partial charge on any atom is 0.416 e. The molecule has 4 nitrogen and oxygen atoms in total. The first-order valence-electron chi connectivity index (χ1n) is 10.9. The average molecular weight is 482 g/mol. The Morgan fingerprint density at radius 3 is 2.62 bits per heavy atom. The van der Waals surface area contributed by atoms with Crippen molar-refractivity contribution >= 4 is 11.3 Å². The van der Waals surface area contributed by atoms with Crippen molar-refractivity contribution in [1.29, 1.82) is 0 Å². The molecule has 1 aliphatic heterocycles. The number of alkyl halides is 3. The predicted octanol–water partition coefficient (Wildman–Crippen LogP) is 6.46. The summed E-state index contributed by atoms with van der Waals surface area (Å²) >= 11 is 1.77. The lowest BCUT2D eigenvalue weighted by Gasteiger charge is -2.27. The number of fused-ring (bicyclic) bond motifs is 1. The van der Waals surface area contributed by atoms with Crippen LogP contribution in [-0.2, 0) is 25.7 Å². The number of halogens is 3. The van der Waals surface area contributed by atoms with Crippen molar-refractivity contribution in [2.75, 3.05) is 13.7 Å². The second kappa shape index (κ2) is 9.19. The molecule has 2 aromatic heterocycles. The highest BCUT2D eigenvalue weighted by atomic mass is 32.1. The number of thiophene rings is 1. The number of methoxy groups -OCH3 is 1. The Balaban J connectivity index is 1.27. The fourth-order valence-electron chi connectivity index (χ4n) is 4.07. The molecule has 0 amide bonds. The number of aromatic nitrogens is 2. The van der Waals surface area contributed by atoms with E-state index < -0.39 is 11.7 Å². The van der Waals surface area contributed by atoms with Crippen molar-refractivity contribution in [3.8, 4) is 27.6 Å². The second-order valence-electron chi connectivity index (χ2n) is 8.20. The molecule has 0 saturated carbocycles. The minimum Gasteiger partial charge on any atom is -0.497 e. The molecule has 0 radical (unpaired) electrons. The van der Waals surface area contributed by atoms with Gasteiger partial charge in [0.2, 0.25) is 0 Å². The van der Waals surface area contributed by atoms with Crippen LogP contribution >= 0.6 is 11.3 Å². The number of hydrogen-bond acceptors (Lipinski definition) is 5. The Kier molecular flexibility index (Phi) is 6.10. The highest BCUT2D eigenvalue weighted by molar-refractivity contribution is 7.15. The van der Waals surface area contributed by atoms with Crippen LogP contribution in [0.1, 0.15) is 21.7 Å². The Morgan fingerprint density at radius 1 is 1.03 bits per heavy atom. The summed E-state index contributed by atoms with van der Waals surface area (Å²) in [5.74, 6) is 1.30. The van der Waals surface area contributed by atoms with E-state index in [0.717, 1.165) is 60.8 Å². The van der Waals surface area contributed by atoms with Gasteiger partial charge >= 0.3 is 6.18 Å². The third-order valence-electron chi connectivity index (χ3n) is 5.88. The number of benzene rings is 2. The van der Waals surface area contributed by atoms with E-state index in [4.69, 9.17) is 4.74 Å². The van der Waals surface area contributed by atoms with E-state index in [1.54, 1.807) is 24.6 Å². The zero-order chi connectivity index (χ0) is 23.7. The SMILES string of the molecule is COc1cccc(-c2ccc(CN3CCc4nc(-c5ccc(C(F)(F)F)cc5)ncc4C3)s2)c1. The molecule has 5 rings (SSSR count). The lowest BCUT2D eigenvalue weighted by molar-refractivity contribution is -0.137. The van der Waals surface area contributed by atoms with Crippen LogP contribution in [-0.4, -0.2) is 28.5 Å². The molecule has 174 valence electrons. The summed E-state index contributed by atoms with van der Waals surface area (Å²) in [6, 6.07) is 17.4. The fraction of sp³-hybridized carbons (Fsp3) is 0.231. The Bertz CT molecular complexity index is 1300. The van der Waals surface area contributed by atoms with Gasteiger partial charge in [-0.2, -0.15) is 13.2 Å². The summed E-state index contributed by atoms with van der Waals surface area (Å²) in [7, 11) is 1.67. The van der Waals surface area contributed by atoms with Crippen molar-refractivity contribution in [2.24, 2.45) is 0 Å². The zero-order valence-corrected chi connectivity index (χ0v) is 19.3. The van der Waals surface area contributed by atoms with Gasteiger partial charge < -0.3 is 4.74 Å². The van der Waals surface area contributed by atoms with Crippen molar-refractivity contribution in [2.45, 2.75) is 25.7 Å². The van der Waals surface area contributed by atoms with E-state index in [1.165, 1.54) is 21.9 Å². The molecule has 4 aromatic rings. The number of nitrogens with zero attached hydrogens (tertiary/aromatic N) is 3. The van der Waals surface area contributed by atoms with E-state index in [9.17, 15) is 13.2 Å². The van der Waals surface area contributed by atoms with Crippen molar-refractivity contribution in [1.82, 2.24) is 14.9 Å². The lowest BCUT2D eigenvalue weighted by atomic mass is 10.1. The summed E-state index contributed by atoms with van der Waals surface area (Å²) in [6.45, 7) is 2.45. The summed E-state index contributed by atoms with van der Waals surface area (Å²) < 4.78 is 43.8. The van der Waals surface area contributed by atoms with Gasteiger partial charge in [0.1, 0.15) is 5.75 Å². The van der Waals surface area contributed by atoms with E-state index in [0.29, 0.717) is 11.4 Å². The van der Waals surface area contributed by atoms with E-state index >= 15 is 0 Å². The minimum absolute atomic E-state index is 0.460. The van der Waals surface area contributed by atoms with E-state index in [1.807, 2.05) is 18.2 Å². The molecule has 8 heteroatoms.